The fourth-order valence-electron chi connectivity index (χ4n) is 2.59. The second-order valence-corrected chi connectivity index (χ2v) is 5.49. The number of nitrogens with zero attached hydrogens (tertiary/aromatic N) is 4. The fraction of sp³-hybridized carbons (Fsp3) is 0. The van der Waals surface area contributed by atoms with E-state index < -0.39 is 17.2 Å². The van der Waals surface area contributed by atoms with Gasteiger partial charge in [-0.15, -0.1) is 0 Å². The topological polar surface area (TPSA) is 87.4 Å². The highest BCUT2D eigenvalue weighted by molar-refractivity contribution is 5.77. The minimum absolute atomic E-state index is 0.0296. The highest BCUT2D eigenvalue weighted by Crippen LogP contribution is 2.22. The number of rotatable bonds is 2. The van der Waals surface area contributed by atoms with Crippen LogP contribution in [0.25, 0.3) is 28.1 Å². The molecule has 0 spiro atoms. The Bertz CT molecular complexity index is 1240. The zero-order valence-electron chi connectivity index (χ0n) is 13.1. The van der Waals surface area contributed by atoms with Crippen molar-refractivity contribution in [1.29, 1.82) is 5.26 Å². The number of hydrogen-bond acceptors (Lipinski definition) is 4. The number of fused-ring (bicyclic) bond motifs is 1. The highest BCUT2D eigenvalue weighted by atomic mass is 19.1. The van der Waals surface area contributed by atoms with E-state index >= 15 is 0 Å². The van der Waals surface area contributed by atoms with E-state index in [0.717, 1.165) is 12.1 Å². The van der Waals surface area contributed by atoms with Crippen molar-refractivity contribution >= 4 is 11.0 Å². The predicted molar refractivity (Wildman–Crippen MR) is 89.6 cm³/mol. The second kappa shape index (κ2) is 5.89. The number of aromatic nitrogens is 4. The van der Waals surface area contributed by atoms with Gasteiger partial charge >= 0.3 is 0 Å². The van der Waals surface area contributed by atoms with Crippen LogP contribution >= 0.6 is 0 Å². The summed E-state index contributed by atoms with van der Waals surface area (Å²) in [5.74, 6) is -1.59. The quantitative estimate of drug-likeness (QED) is 0.603. The summed E-state index contributed by atoms with van der Waals surface area (Å²) in [5, 5.41) is 13.3. The molecule has 0 saturated carbocycles. The smallest absolute Gasteiger partial charge is 0.262 e. The largest absolute Gasteiger partial charge is 0.306 e. The van der Waals surface area contributed by atoms with Crippen molar-refractivity contribution in [3.8, 4) is 23.1 Å². The molecular weight excluding hydrogens is 340 g/mol. The third kappa shape index (κ3) is 2.52. The molecule has 0 aliphatic rings. The maximum absolute atomic E-state index is 14.0. The van der Waals surface area contributed by atoms with E-state index in [-0.39, 0.29) is 22.4 Å². The Morgan fingerprint density at radius 1 is 1.12 bits per heavy atom. The van der Waals surface area contributed by atoms with Crippen LogP contribution in [-0.4, -0.2) is 19.7 Å². The van der Waals surface area contributed by atoms with Gasteiger partial charge in [0.2, 0.25) is 0 Å². The van der Waals surface area contributed by atoms with Gasteiger partial charge in [-0.05, 0) is 36.4 Å². The number of nitriles is 1. The molecule has 0 saturated heterocycles. The number of halogens is 2. The zero-order chi connectivity index (χ0) is 18.3. The molecule has 4 rings (SSSR count). The summed E-state index contributed by atoms with van der Waals surface area (Å²) < 4.78 is 28.6. The van der Waals surface area contributed by atoms with Crippen LogP contribution in [0.15, 0.2) is 53.5 Å². The van der Waals surface area contributed by atoms with E-state index in [1.165, 1.54) is 16.9 Å². The first-order valence-electron chi connectivity index (χ1n) is 7.51. The summed E-state index contributed by atoms with van der Waals surface area (Å²) in [4.78, 5) is 19.1. The summed E-state index contributed by atoms with van der Waals surface area (Å²) in [6, 6.07) is 11.6. The lowest BCUT2D eigenvalue weighted by Gasteiger charge is -2.06. The van der Waals surface area contributed by atoms with Crippen LogP contribution in [0.3, 0.4) is 0 Å². The maximum Gasteiger partial charge on any atom is 0.262 e. The minimum Gasteiger partial charge on any atom is -0.306 e. The molecule has 26 heavy (non-hydrogen) atoms. The summed E-state index contributed by atoms with van der Waals surface area (Å²) >= 11 is 0. The van der Waals surface area contributed by atoms with E-state index in [9.17, 15) is 13.6 Å². The van der Waals surface area contributed by atoms with Crippen LogP contribution in [0.4, 0.5) is 8.78 Å². The number of nitrogens with one attached hydrogen (secondary N) is 1. The van der Waals surface area contributed by atoms with Crippen LogP contribution in [-0.2, 0) is 0 Å². The molecule has 1 N–H and O–H groups in total. The normalized spacial score (nSPS) is 10.8. The predicted octanol–water partition coefficient (Wildman–Crippen LogP) is 2.93. The van der Waals surface area contributed by atoms with Crippen molar-refractivity contribution in [3.05, 3.63) is 76.2 Å². The van der Waals surface area contributed by atoms with Crippen LogP contribution in [0.5, 0.6) is 0 Å². The van der Waals surface area contributed by atoms with Gasteiger partial charge in [-0.1, -0.05) is 0 Å². The standard InChI is InChI=1S/C18H9F2N5O/c19-11-3-6-13(15(20)7-11)16-23-17-14(18(26)24-16)9-22-25(17)12-4-1-10(8-21)2-5-12/h1-7,9H,(H,23,24,26). The van der Waals surface area contributed by atoms with Gasteiger partial charge in [-0.25, -0.2) is 18.4 Å². The summed E-state index contributed by atoms with van der Waals surface area (Å²) in [5.41, 5.74) is 0.761. The van der Waals surface area contributed by atoms with E-state index in [1.54, 1.807) is 24.3 Å². The molecule has 0 radical (unpaired) electrons. The van der Waals surface area contributed by atoms with Gasteiger partial charge in [0, 0.05) is 6.07 Å². The Hall–Kier alpha value is -3.86. The molecule has 2 aromatic carbocycles. The number of aromatic amines is 1. The molecule has 4 aromatic rings. The Labute approximate surface area is 145 Å². The molecule has 0 bridgehead atoms. The average molecular weight is 349 g/mol. The van der Waals surface area contributed by atoms with Crippen LogP contribution < -0.4 is 5.56 Å². The van der Waals surface area contributed by atoms with Crippen molar-refractivity contribution in [2.75, 3.05) is 0 Å². The third-order valence-corrected chi connectivity index (χ3v) is 3.87. The molecule has 0 amide bonds. The van der Waals surface area contributed by atoms with E-state index in [0.29, 0.717) is 11.3 Å². The average Bonchev–Trinajstić information content (AvgIpc) is 3.06. The highest BCUT2D eigenvalue weighted by Gasteiger charge is 2.15. The van der Waals surface area contributed by atoms with Gasteiger partial charge < -0.3 is 4.98 Å². The van der Waals surface area contributed by atoms with Gasteiger partial charge in [0.1, 0.15) is 22.8 Å². The first kappa shape index (κ1) is 15.7. The molecule has 2 heterocycles. The van der Waals surface area contributed by atoms with Crippen molar-refractivity contribution in [3.63, 3.8) is 0 Å². The number of hydrogen-bond donors (Lipinski definition) is 1. The lowest BCUT2D eigenvalue weighted by atomic mass is 10.2. The van der Waals surface area contributed by atoms with Crippen molar-refractivity contribution in [2.45, 2.75) is 0 Å². The van der Waals surface area contributed by atoms with Crippen molar-refractivity contribution in [2.24, 2.45) is 0 Å². The molecule has 6 nitrogen and oxygen atoms in total. The third-order valence-electron chi connectivity index (χ3n) is 3.87. The maximum atomic E-state index is 14.0. The second-order valence-electron chi connectivity index (χ2n) is 5.49. The van der Waals surface area contributed by atoms with E-state index in [2.05, 4.69) is 15.1 Å². The molecule has 0 aliphatic heterocycles. The molecule has 126 valence electrons. The first-order valence-corrected chi connectivity index (χ1v) is 7.51. The van der Waals surface area contributed by atoms with Crippen LogP contribution in [0.2, 0.25) is 0 Å². The monoisotopic (exact) mass is 349 g/mol. The Morgan fingerprint density at radius 3 is 2.58 bits per heavy atom. The fourth-order valence-corrected chi connectivity index (χ4v) is 2.59. The van der Waals surface area contributed by atoms with Gasteiger partial charge in [0.05, 0.1) is 29.1 Å². The lowest BCUT2D eigenvalue weighted by molar-refractivity contribution is 0.585. The van der Waals surface area contributed by atoms with E-state index in [1.807, 2.05) is 6.07 Å². The summed E-state index contributed by atoms with van der Waals surface area (Å²) in [6.45, 7) is 0. The van der Waals surface area contributed by atoms with Crippen LogP contribution in [0, 0.1) is 23.0 Å². The van der Waals surface area contributed by atoms with E-state index in [4.69, 9.17) is 5.26 Å². The van der Waals surface area contributed by atoms with Gasteiger partial charge in [0.25, 0.3) is 5.56 Å². The molecule has 0 atom stereocenters. The Kier molecular flexibility index (Phi) is 3.55. The number of H-pyrrole nitrogens is 1. The van der Waals surface area contributed by atoms with Crippen molar-refractivity contribution in [1.82, 2.24) is 19.7 Å². The van der Waals surface area contributed by atoms with Gasteiger partial charge in [0.15, 0.2) is 5.65 Å². The summed E-state index contributed by atoms with van der Waals surface area (Å²) in [6.07, 6.45) is 1.35. The van der Waals surface area contributed by atoms with Gasteiger partial charge in [-0.3, -0.25) is 4.79 Å². The molecule has 0 aliphatic carbocycles. The lowest BCUT2D eigenvalue weighted by Crippen LogP contribution is -2.10. The Balaban J connectivity index is 1.93. The number of benzene rings is 2. The van der Waals surface area contributed by atoms with Crippen molar-refractivity contribution < 1.29 is 8.78 Å². The molecular formula is C18H9F2N5O. The van der Waals surface area contributed by atoms with Gasteiger partial charge in [-0.2, -0.15) is 10.4 Å². The SMILES string of the molecule is N#Cc1ccc(-n2ncc3c(=O)[nH]c(-c4ccc(F)cc4F)nc32)cc1. The molecule has 0 fully saturated rings. The zero-order valence-corrected chi connectivity index (χ0v) is 13.1. The molecule has 8 heteroatoms. The first-order chi connectivity index (χ1) is 12.6. The molecule has 2 aromatic heterocycles. The molecule has 0 unspecified atom stereocenters. The minimum atomic E-state index is -0.836. The van der Waals surface area contributed by atoms with Crippen LogP contribution in [0.1, 0.15) is 5.56 Å². The summed E-state index contributed by atoms with van der Waals surface area (Å²) in [7, 11) is 0. The Morgan fingerprint density at radius 2 is 1.88 bits per heavy atom.